The zero-order valence-corrected chi connectivity index (χ0v) is 14.5. The van der Waals surface area contributed by atoms with Crippen LogP contribution in [0.4, 0.5) is 0 Å². The minimum atomic E-state index is -0.772. The topological polar surface area (TPSA) is 66.8 Å². The van der Waals surface area contributed by atoms with E-state index in [4.69, 9.17) is 9.84 Å². The number of rotatable bonds is 7. The molecule has 0 aliphatic carbocycles. The summed E-state index contributed by atoms with van der Waals surface area (Å²) in [5, 5.41) is 8.78. The summed E-state index contributed by atoms with van der Waals surface area (Å²) < 4.78 is 5.60. The fraction of sp³-hybridized carbons (Fsp3) is 0.579. The molecule has 1 fully saturated rings. The van der Waals surface area contributed by atoms with Crippen molar-refractivity contribution in [2.75, 3.05) is 19.7 Å². The van der Waals surface area contributed by atoms with Crippen molar-refractivity contribution in [2.45, 2.75) is 45.4 Å². The molecule has 1 amide bonds. The Bertz CT molecular complexity index is 553. The Morgan fingerprint density at radius 1 is 1.29 bits per heavy atom. The number of nitrogens with zero attached hydrogens (tertiary/aromatic N) is 1. The predicted molar refractivity (Wildman–Crippen MR) is 92.2 cm³/mol. The zero-order valence-electron chi connectivity index (χ0n) is 14.5. The van der Waals surface area contributed by atoms with Gasteiger partial charge in [0.2, 0.25) is 0 Å². The number of likely N-dealkylation sites (tertiary alicyclic amines) is 1. The Morgan fingerprint density at radius 3 is 2.62 bits per heavy atom. The van der Waals surface area contributed by atoms with Crippen LogP contribution in [-0.4, -0.2) is 41.6 Å². The largest absolute Gasteiger partial charge is 0.484 e. The number of benzene rings is 1. The molecule has 2 rings (SSSR count). The minimum Gasteiger partial charge on any atom is -0.484 e. The summed E-state index contributed by atoms with van der Waals surface area (Å²) >= 11 is 0. The normalized spacial score (nSPS) is 17.8. The number of ether oxygens (including phenoxy) is 1. The van der Waals surface area contributed by atoms with Crippen molar-refractivity contribution >= 4 is 11.9 Å². The summed E-state index contributed by atoms with van der Waals surface area (Å²) in [6, 6.07) is 7.84. The number of hydrogen-bond donors (Lipinski definition) is 1. The lowest BCUT2D eigenvalue weighted by atomic mass is 9.93. The van der Waals surface area contributed by atoms with E-state index in [1.165, 1.54) is 5.56 Å². The third kappa shape index (κ3) is 5.55. The molecule has 1 aliphatic rings. The Labute approximate surface area is 143 Å². The highest BCUT2D eigenvalue weighted by Gasteiger charge is 2.24. The van der Waals surface area contributed by atoms with Gasteiger partial charge in [-0.3, -0.25) is 9.59 Å². The molecule has 0 aromatic heterocycles. The lowest BCUT2D eigenvalue weighted by molar-refractivity contribution is -0.137. The first kappa shape index (κ1) is 18.3. The van der Waals surface area contributed by atoms with Crippen LogP contribution in [0.15, 0.2) is 24.3 Å². The van der Waals surface area contributed by atoms with E-state index in [1.807, 2.05) is 24.3 Å². The van der Waals surface area contributed by atoms with E-state index in [-0.39, 0.29) is 24.9 Å². The molecule has 1 aromatic carbocycles. The number of carbonyl (C=O) groups excluding carboxylic acids is 1. The fourth-order valence-electron chi connectivity index (χ4n) is 3.04. The maximum Gasteiger partial charge on any atom is 0.303 e. The fourth-order valence-corrected chi connectivity index (χ4v) is 3.04. The van der Waals surface area contributed by atoms with Crippen molar-refractivity contribution in [1.82, 2.24) is 4.90 Å². The predicted octanol–water partition coefficient (Wildman–Crippen LogP) is 3.29. The average molecular weight is 333 g/mol. The Hall–Kier alpha value is -2.04. The van der Waals surface area contributed by atoms with Crippen molar-refractivity contribution in [2.24, 2.45) is 5.92 Å². The average Bonchev–Trinajstić information content (AvgIpc) is 2.58. The molecule has 1 aromatic rings. The van der Waals surface area contributed by atoms with E-state index in [0.29, 0.717) is 24.6 Å². The smallest absolute Gasteiger partial charge is 0.303 e. The van der Waals surface area contributed by atoms with Gasteiger partial charge in [-0.15, -0.1) is 0 Å². The van der Waals surface area contributed by atoms with Crippen LogP contribution in [-0.2, 0) is 9.59 Å². The number of aliphatic carboxylic acids is 1. The summed E-state index contributed by atoms with van der Waals surface area (Å²) in [6.07, 6.45) is 2.73. The number of carboxylic acid groups (broad SMARTS) is 1. The van der Waals surface area contributed by atoms with Gasteiger partial charge in [0.15, 0.2) is 6.61 Å². The van der Waals surface area contributed by atoms with Crippen molar-refractivity contribution in [1.29, 1.82) is 0 Å². The Morgan fingerprint density at radius 2 is 2.00 bits per heavy atom. The molecule has 5 nitrogen and oxygen atoms in total. The highest BCUT2D eigenvalue weighted by Crippen LogP contribution is 2.22. The molecule has 5 heteroatoms. The van der Waals surface area contributed by atoms with Gasteiger partial charge in [0.1, 0.15) is 5.75 Å². The molecule has 0 saturated carbocycles. The second-order valence-corrected chi connectivity index (χ2v) is 6.79. The van der Waals surface area contributed by atoms with Gasteiger partial charge < -0.3 is 14.7 Å². The van der Waals surface area contributed by atoms with Crippen LogP contribution in [0.25, 0.3) is 0 Å². The van der Waals surface area contributed by atoms with E-state index in [2.05, 4.69) is 13.8 Å². The van der Waals surface area contributed by atoms with E-state index in [9.17, 15) is 9.59 Å². The molecule has 0 spiro atoms. The number of hydrogen-bond acceptors (Lipinski definition) is 3. The first-order chi connectivity index (χ1) is 11.5. The van der Waals surface area contributed by atoms with Crippen molar-refractivity contribution in [3.8, 4) is 5.75 Å². The maximum atomic E-state index is 12.3. The van der Waals surface area contributed by atoms with Crippen molar-refractivity contribution < 1.29 is 19.4 Å². The molecule has 132 valence electrons. The van der Waals surface area contributed by atoms with E-state index >= 15 is 0 Å². The molecule has 1 heterocycles. The third-order valence-corrected chi connectivity index (χ3v) is 4.55. The molecule has 1 unspecified atom stereocenters. The van der Waals surface area contributed by atoms with Gasteiger partial charge in [-0.25, -0.2) is 0 Å². The summed E-state index contributed by atoms with van der Waals surface area (Å²) in [6.45, 7) is 5.68. The summed E-state index contributed by atoms with van der Waals surface area (Å²) in [7, 11) is 0. The van der Waals surface area contributed by atoms with Crippen molar-refractivity contribution in [3.63, 3.8) is 0 Å². The van der Waals surface area contributed by atoms with Gasteiger partial charge in [-0.2, -0.15) is 0 Å². The zero-order chi connectivity index (χ0) is 17.5. The quantitative estimate of drug-likeness (QED) is 0.831. The second kappa shape index (κ2) is 8.71. The van der Waals surface area contributed by atoms with Crippen LogP contribution in [0.5, 0.6) is 5.75 Å². The van der Waals surface area contributed by atoms with E-state index in [0.717, 1.165) is 19.4 Å². The van der Waals surface area contributed by atoms with Gasteiger partial charge in [0, 0.05) is 19.5 Å². The van der Waals surface area contributed by atoms with E-state index in [1.54, 1.807) is 4.90 Å². The van der Waals surface area contributed by atoms with Gasteiger partial charge >= 0.3 is 5.97 Å². The minimum absolute atomic E-state index is 0.0250. The second-order valence-electron chi connectivity index (χ2n) is 6.79. The number of carboxylic acids is 1. The van der Waals surface area contributed by atoms with Gasteiger partial charge in [0.25, 0.3) is 5.91 Å². The molecule has 0 bridgehead atoms. The summed E-state index contributed by atoms with van der Waals surface area (Å²) in [4.78, 5) is 24.8. The van der Waals surface area contributed by atoms with Crippen LogP contribution in [0.1, 0.15) is 51.0 Å². The van der Waals surface area contributed by atoms with Gasteiger partial charge in [-0.1, -0.05) is 26.0 Å². The van der Waals surface area contributed by atoms with Crippen LogP contribution in [0, 0.1) is 5.92 Å². The van der Waals surface area contributed by atoms with Crippen molar-refractivity contribution in [3.05, 3.63) is 29.8 Å². The summed E-state index contributed by atoms with van der Waals surface area (Å²) in [5.41, 5.74) is 1.24. The summed E-state index contributed by atoms with van der Waals surface area (Å²) in [5.74, 6) is 0.655. The third-order valence-electron chi connectivity index (χ3n) is 4.55. The molecular weight excluding hydrogens is 306 g/mol. The lowest BCUT2D eigenvalue weighted by Gasteiger charge is -2.32. The van der Waals surface area contributed by atoms with Crippen LogP contribution in [0.3, 0.4) is 0 Å². The number of piperidine rings is 1. The van der Waals surface area contributed by atoms with Gasteiger partial charge in [-0.05, 0) is 48.8 Å². The number of carbonyl (C=O) groups is 2. The standard InChI is InChI=1S/C19H27NO4/c1-14(2)16-6-8-17(9-7-16)24-13-18(21)20-11-3-4-15(12-20)5-10-19(22)23/h6-9,14-15H,3-5,10-13H2,1-2H3,(H,22,23). The molecule has 1 saturated heterocycles. The maximum absolute atomic E-state index is 12.3. The van der Waals surface area contributed by atoms with Crippen LogP contribution in [0.2, 0.25) is 0 Å². The highest BCUT2D eigenvalue weighted by molar-refractivity contribution is 5.77. The Kier molecular flexibility index (Phi) is 6.64. The first-order valence-electron chi connectivity index (χ1n) is 8.68. The molecular formula is C19H27NO4. The van der Waals surface area contributed by atoms with Gasteiger partial charge in [0.05, 0.1) is 0 Å². The molecule has 0 radical (unpaired) electrons. The number of amides is 1. The molecule has 1 N–H and O–H groups in total. The SMILES string of the molecule is CC(C)c1ccc(OCC(=O)N2CCCC(CCC(=O)O)C2)cc1. The molecule has 1 atom stereocenters. The molecule has 24 heavy (non-hydrogen) atoms. The monoisotopic (exact) mass is 333 g/mol. The van der Waals surface area contributed by atoms with Crippen LogP contribution < -0.4 is 4.74 Å². The first-order valence-corrected chi connectivity index (χ1v) is 8.68. The lowest BCUT2D eigenvalue weighted by Crippen LogP contribution is -2.42. The molecule has 1 aliphatic heterocycles. The highest BCUT2D eigenvalue weighted by atomic mass is 16.5. The van der Waals surface area contributed by atoms with E-state index < -0.39 is 5.97 Å². The van der Waals surface area contributed by atoms with Crippen LogP contribution >= 0.6 is 0 Å². The Balaban J connectivity index is 1.80.